The van der Waals surface area contributed by atoms with Gasteiger partial charge >= 0.3 is 6.36 Å². The topological polar surface area (TPSA) is 69.3 Å². The lowest BCUT2D eigenvalue weighted by Crippen LogP contribution is -2.39. The number of nitrogens with two attached hydrogens (primary N) is 1. The molecular weight excluding hydrogens is 347 g/mol. The van der Waals surface area contributed by atoms with Crippen molar-refractivity contribution in [1.29, 1.82) is 0 Å². The molecule has 0 bridgehead atoms. The largest absolute Gasteiger partial charge is 0.573 e. The summed E-state index contributed by atoms with van der Waals surface area (Å²) < 4.78 is 42.8. The normalized spacial score (nSPS) is 16.2. The number of hydrogen-bond donors (Lipinski definition) is 2. The lowest BCUT2D eigenvalue weighted by molar-refractivity contribution is -0.274. The molecule has 0 saturated heterocycles. The third-order valence-electron chi connectivity index (χ3n) is 3.87. The number of carbonyl (C=O) groups excluding carboxylic acids is 1. The van der Waals surface area contributed by atoms with Crippen molar-refractivity contribution >= 4 is 5.91 Å². The van der Waals surface area contributed by atoms with E-state index in [4.69, 9.17) is 5.73 Å². The first-order valence-electron chi connectivity index (χ1n) is 8.44. The molecule has 2 heterocycles. The highest BCUT2D eigenvalue weighted by Crippen LogP contribution is 2.31. The van der Waals surface area contributed by atoms with Crippen LogP contribution in [0.2, 0.25) is 0 Å². The van der Waals surface area contributed by atoms with E-state index >= 15 is 0 Å². The number of alkyl halides is 3. The smallest absolute Gasteiger partial charge is 0.406 e. The Bertz CT molecular complexity index is 756. The van der Waals surface area contributed by atoms with Gasteiger partial charge in [0.2, 0.25) is 0 Å². The summed E-state index contributed by atoms with van der Waals surface area (Å²) in [5.74, 6) is -0.510. The van der Waals surface area contributed by atoms with Crippen molar-refractivity contribution in [3.05, 3.63) is 42.2 Å². The maximum absolute atomic E-state index is 12.4. The van der Waals surface area contributed by atoms with E-state index in [2.05, 4.69) is 10.1 Å². The number of benzene rings is 1. The molecular formula is C18H22F3N3O2. The zero-order chi connectivity index (χ0) is 19.3. The average molecular weight is 369 g/mol. The van der Waals surface area contributed by atoms with E-state index in [1.807, 2.05) is 18.4 Å². The Kier molecular flexibility index (Phi) is 6.31. The van der Waals surface area contributed by atoms with Gasteiger partial charge in [-0.1, -0.05) is 26.0 Å². The minimum atomic E-state index is -4.75. The van der Waals surface area contributed by atoms with Gasteiger partial charge in [-0.05, 0) is 36.7 Å². The van der Waals surface area contributed by atoms with Gasteiger partial charge in [0.1, 0.15) is 11.4 Å². The molecule has 0 fully saturated rings. The quantitative estimate of drug-likeness (QED) is 0.863. The number of nitrogens with one attached hydrogen (secondary N) is 1. The van der Waals surface area contributed by atoms with Crippen LogP contribution in [0.1, 0.15) is 36.8 Å². The van der Waals surface area contributed by atoms with Crippen LogP contribution in [0.15, 0.2) is 36.5 Å². The SMILES string of the molecule is CC.NCCC1CNC(=O)c2cc(-c3cccc(OC(F)(F)F)c3)cn21. The Morgan fingerprint density at radius 2 is 2.00 bits per heavy atom. The summed E-state index contributed by atoms with van der Waals surface area (Å²) in [4.78, 5) is 12.0. The fourth-order valence-electron chi connectivity index (χ4n) is 2.83. The first-order chi connectivity index (χ1) is 12.4. The highest BCUT2D eigenvalue weighted by atomic mass is 19.4. The highest BCUT2D eigenvalue weighted by Gasteiger charge is 2.31. The van der Waals surface area contributed by atoms with Gasteiger partial charge in [0.15, 0.2) is 0 Å². The maximum atomic E-state index is 12.4. The van der Waals surface area contributed by atoms with Crippen molar-refractivity contribution in [1.82, 2.24) is 9.88 Å². The minimum Gasteiger partial charge on any atom is -0.406 e. The van der Waals surface area contributed by atoms with Gasteiger partial charge in [-0.25, -0.2) is 0 Å². The number of rotatable bonds is 4. The molecule has 142 valence electrons. The van der Waals surface area contributed by atoms with E-state index in [9.17, 15) is 18.0 Å². The predicted molar refractivity (Wildman–Crippen MR) is 92.9 cm³/mol. The third-order valence-corrected chi connectivity index (χ3v) is 3.87. The molecule has 1 amide bonds. The fourth-order valence-corrected chi connectivity index (χ4v) is 2.83. The summed E-state index contributed by atoms with van der Waals surface area (Å²) in [5.41, 5.74) is 7.26. The van der Waals surface area contributed by atoms with Gasteiger partial charge in [0.05, 0.1) is 6.04 Å². The molecule has 0 spiro atoms. The second-order valence-electron chi connectivity index (χ2n) is 5.54. The predicted octanol–water partition coefficient (Wildman–Crippen LogP) is 3.71. The number of ether oxygens (including phenoxy) is 1. The number of fused-ring (bicyclic) bond motifs is 1. The second kappa shape index (κ2) is 8.27. The van der Waals surface area contributed by atoms with Gasteiger partial charge in [-0.2, -0.15) is 0 Å². The van der Waals surface area contributed by atoms with Crippen LogP contribution >= 0.6 is 0 Å². The van der Waals surface area contributed by atoms with E-state index < -0.39 is 6.36 Å². The van der Waals surface area contributed by atoms with Crippen molar-refractivity contribution in [2.24, 2.45) is 5.73 Å². The summed E-state index contributed by atoms with van der Waals surface area (Å²) in [7, 11) is 0. The van der Waals surface area contributed by atoms with Gasteiger partial charge < -0.3 is 20.4 Å². The lowest BCUT2D eigenvalue weighted by atomic mass is 10.1. The first-order valence-corrected chi connectivity index (χ1v) is 8.44. The number of aromatic nitrogens is 1. The van der Waals surface area contributed by atoms with Gasteiger partial charge in [-0.15, -0.1) is 13.2 Å². The van der Waals surface area contributed by atoms with Crippen molar-refractivity contribution < 1.29 is 22.7 Å². The summed E-state index contributed by atoms with van der Waals surface area (Å²) in [6.07, 6.45) is -2.29. The fraction of sp³-hybridized carbons (Fsp3) is 0.389. The number of halogens is 3. The monoisotopic (exact) mass is 369 g/mol. The third kappa shape index (κ3) is 4.57. The van der Waals surface area contributed by atoms with E-state index in [0.29, 0.717) is 36.3 Å². The maximum Gasteiger partial charge on any atom is 0.573 e. The van der Waals surface area contributed by atoms with E-state index in [1.54, 1.807) is 18.3 Å². The van der Waals surface area contributed by atoms with Crippen LogP contribution in [0.5, 0.6) is 5.75 Å². The Balaban J connectivity index is 0.00000117. The lowest BCUT2D eigenvalue weighted by Gasteiger charge is -2.25. The summed E-state index contributed by atoms with van der Waals surface area (Å²) in [6, 6.07) is 7.36. The van der Waals surface area contributed by atoms with Crippen molar-refractivity contribution in [2.45, 2.75) is 32.7 Å². The number of nitrogens with zero attached hydrogens (tertiary/aromatic N) is 1. The van der Waals surface area contributed by atoms with Crippen LogP contribution in [-0.2, 0) is 0 Å². The standard InChI is InChI=1S/C16H16F3N3O2.C2H6/c17-16(18,19)24-13-3-1-2-10(6-13)11-7-14-15(23)21-8-12(4-5-20)22(14)9-11;1-2/h1-3,6-7,9,12H,4-5,8,20H2,(H,21,23);1-2H3. The molecule has 1 aliphatic heterocycles. The Labute approximate surface area is 149 Å². The Morgan fingerprint density at radius 1 is 1.27 bits per heavy atom. The molecule has 1 unspecified atom stereocenters. The number of amides is 1. The molecule has 26 heavy (non-hydrogen) atoms. The average Bonchev–Trinajstić information content (AvgIpc) is 3.05. The van der Waals surface area contributed by atoms with Crippen molar-refractivity contribution in [2.75, 3.05) is 13.1 Å². The summed E-state index contributed by atoms with van der Waals surface area (Å²) in [5, 5.41) is 2.79. The zero-order valence-electron chi connectivity index (χ0n) is 14.6. The molecule has 2 aromatic rings. The van der Waals surface area contributed by atoms with Gasteiger partial charge in [0, 0.05) is 18.3 Å². The summed E-state index contributed by atoms with van der Waals surface area (Å²) >= 11 is 0. The van der Waals surface area contributed by atoms with Crippen LogP contribution in [-0.4, -0.2) is 29.9 Å². The van der Waals surface area contributed by atoms with E-state index in [-0.39, 0.29) is 17.7 Å². The second-order valence-corrected chi connectivity index (χ2v) is 5.54. The molecule has 1 aromatic carbocycles. The van der Waals surface area contributed by atoms with Crippen LogP contribution in [0.25, 0.3) is 11.1 Å². The molecule has 1 aromatic heterocycles. The van der Waals surface area contributed by atoms with Crippen LogP contribution in [0, 0.1) is 0 Å². The zero-order valence-corrected chi connectivity index (χ0v) is 14.6. The Morgan fingerprint density at radius 3 is 2.65 bits per heavy atom. The van der Waals surface area contributed by atoms with Crippen molar-refractivity contribution in [3.8, 4) is 16.9 Å². The summed E-state index contributed by atoms with van der Waals surface area (Å²) in [6.45, 7) is 4.96. The number of carbonyl (C=O) groups is 1. The minimum absolute atomic E-state index is 0.0334. The molecule has 0 radical (unpaired) electrons. The molecule has 8 heteroatoms. The van der Waals surface area contributed by atoms with E-state index in [0.717, 1.165) is 0 Å². The highest BCUT2D eigenvalue weighted by molar-refractivity contribution is 5.95. The molecule has 0 aliphatic carbocycles. The number of hydrogen-bond acceptors (Lipinski definition) is 3. The van der Waals surface area contributed by atoms with Crippen LogP contribution < -0.4 is 15.8 Å². The molecule has 3 rings (SSSR count). The molecule has 3 N–H and O–H groups in total. The van der Waals surface area contributed by atoms with Crippen LogP contribution in [0.3, 0.4) is 0 Å². The first kappa shape index (κ1) is 19.8. The van der Waals surface area contributed by atoms with E-state index in [1.165, 1.54) is 18.2 Å². The molecule has 5 nitrogen and oxygen atoms in total. The molecule has 1 atom stereocenters. The van der Waals surface area contributed by atoms with Gasteiger partial charge in [0.25, 0.3) is 5.91 Å². The molecule has 0 saturated carbocycles. The Hall–Kier alpha value is -2.48. The van der Waals surface area contributed by atoms with Crippen LogP contribution in [0.4, 0.5) is 13.2 Å². The van der Waals surface area contributed by atoms with Crippen molar-refractivity contribution in [3.63, 3.8) is 0 Å². The van der Waals surface area contributed by atoms with Gasteiger partial charge in [-0.3, -0.25) is 4.79 Å². The molecule has 1 aliphatic rings.